The highest BCUT2D eigenvalue weighted by molar-refractivity contribution is 7.90. The van der Waals surface area contributed by atoms with Crippen LogP contribution in [0.4, 0.5) is 74.6 Å². The fourth-order valence-electron chi connectivity index (χ4n) is 2.80. The van der Waals surface area contributed by atoms with E-state index in [1.54, 1.807) is 0 Å². The number of carbonyl (C=O) groups is 1. The molecule has 0 aromatic carbocycles. The minimum Gasteiger partial charge on any atom is -0.314 e. The fourth-order valence-corrected chi connectivity index (χ4v) is 4.28. The molecule has 1 N–H and O–H groups in total. The van der Waals surface area contributed by atoms with Gasteiger partial charge in [-0.1, -0.05) is 13.3 Å². The standard InChI is InChI=1S/C19H24F17N3O3S/c1-5-6-8-38(9-7-11(40)37-10-39(2,3)4)43(41,42)19(35,36)17(30,31)15(26,27)13(22,23)12(20,21)14(24,25)16(28,29)18(32,33)34/h5-10H2,1-4H3/p+1. The summed E-state index contributed by atoms with van der Waals surface area (Å²) in [6.45, 7) is -1.85. The molecule has 0 fully saturated rings. The van der Waals surface area contributed by atoms with Gasteiger partial charge in [0.15, 0.2) is 6.67 Å². The molecule has 24 heteroatoms. The number of sulfonamides is 1. The first-order chi connectivity index (χ1) is 18.6. The number of alkyl halides is 17. The van der Waals surface area contributed by atoms with Crippen LogP contribution in [0.25, 0.3) is 0 Å². The molecule has 258 valence electrons. The van der Waals surface area contributed by atoms with Gasteiger partial charge in [0, 0.05) is 19.5 Å². The third-order valence-corrected chi connectivity index (χ3v) is 7.41. The van der Waals surface area contributed by atoms with Crippen LogP contribution in [0, 0.1) is 0 Å². The maximum atomic E-state index is 14.6. The van der Waals surface area contributed by atoms with E-state index < -0.39 is 93.1 Å². The second-order valence-corrected chi connectivity index (χ2v) is 12.0. The van der Waals surface area contributed by atoms with Crippen molar-refractivity contribution in [2.45, 2.75) is 73.2 Å². The first kappa shape index (κ1) is 41.1. The lowest BCUT2D eigenvalue weighted by Crippen LogP contribution is -2.75. The quantitative estimate of drug-likeness (QED) is 0.131. The van der Waals surface area contributed by atoms with Crippen molar-refractivity contribution in [1.29, 1.82) is 0 Å². The van der Waals surface area contributed by atoms with Crippen LogP contribution in [-0.4, -0.2) is 111 Å². The molecular weight excluding hydrogens is 673 g/mol. The van der Waals surface area contributed by atoms with E-state index in [0.29, 0.717) is 0 Å². The molecular formula is C19H25F17N3O3S+. The highest BCUT2D eigenvalue weighted by atomic mass is 32.2. The molecule has 0 rings (SSSR count). The Labute approximate surface area is 232 Å². The minimum absolute atomic E-state index is 0.00968. The third-order valence-electron chi connectivity index (χ3n) is 5.46. The van der Waals surface area contributed by atoms with Crippen LogP contribution < -0.4 is 5.32 Å². The van der Waals surface area contributed by atoms with Gasteiger partial charge in [0.2, 0.25) is 5.91 Å². The summed E-state index contributed by atoms with van der Waals surface area (Å²) in [5, 5.41) is -5.54. The Hall–Kier alpha value is -1.85. The van der Waals surface area contributed by atoms with Gasteiger partial charge in [0.05, 0.1) is 21.1 Å². The van der Waals surface area contributed by atoms with E-state index >= 15 is 0 Å². The van der Waals surface area contributed by atoms with Crippen molar-refractivity contribution >= 4 is 15.9 Å². The topological polar surface area (TPSA) is 66.5 Å². The van der Waals surface area contributed by atoms with Crippen molar-refractivity contribution < 1.29 is 92.3 Å². The molecule has 0 atom stereocenters. The van der Waals surface area contributed by atoms with Crippen molar-refractivity contribution in [3.63, 3.8) is 0 Å². The van der Waals surface area contributed by atoms with Gasteiger partial charge in [-0.15, -0.1) is 0 Å². The lowest BCUT2D eigenvalue weighted by molar-refractivity contribution is -0.872. The van der Waals surface area contributed by atoms with Crippen molar-refractivity contribution in [3.05, 3.63) is 0 Å². The molecule has 0 aliphatic carbocycles. The lowest BCUT2D eigenvalue weighted by Gasteiger charge is -2.43. The van der Waals surface area contributed by atoms with Crippen molar-refractivity contribution in [3.8, 4) is 0 Å². The first-order valence-electron chi connectivity index (χ1n) is 11.3. The molecule has 0 radical (unpaired) electrons. The molecule has 0 aromatic rings. The van der Waals surface area contributed by atoms with Crippen LogP contribution in [0.5, 0.6) is 0 Å². The average molecular weight is 698 g/mol. The fraction of sp³-hybridized carbons (Fsp3) is 0.947. The number of amides is 1. The molecule has 1 amide bonds. The largest absolute Gasteiger partial charge is 0.460 e. The zero-order chi connectivity index (χ0) is 35.1. The Bertz CT molecular complexity index is 1090. The Kier molecular flexibility index (Phi) is 11.6. The van der Waals surface area contributed by atoms with E-state index in [2.05, 4.69) is 5.32 Å². The van der Waals surface area contributed by atoms with E-state index in [1.165, 1.54) is 28.1 Å². The van der Waals surface area contributed by atoms with Crippen LogP contribution in [0.15, 0.2) is 0 Å². The summed E-state index contributed by atoms with van der Waals surface area (Å²) in [6.07, 6.45) is -9.80. The molecule has 0 heterocycles. The Morgan fingerprint density at radius 2 is 1.02 bits per heavy atom. The van der Waals surface area contributed by atoms with E-state index in [-0.39, 0.29) is 17.6 Å². The van der Waals surface area contributed by atoms with E-state index in [0.717, 1.165) is 0 Å². The number of rotatable bonds is 16. The summed E-state index contributed by atoms with van der Waals surface area (Å²) in [7, 11) is -2.95. The maximum Gasteiger partial charge on any atom is 0.460 e. The number of hydrogen-bond donors (Lipinski definition) is 1. The summed E-state index contributed by atoms with van der Waals surface area (Å²) in [5.41, 5.74) is 0. The van der Waals surface area contributed by atoms with Gasteiger partial charge in [-0.25, -0.2) is 8.42 Å². The maximum absolute atomic E-state index is 14.6. The molecule has 0 saturated carbocycles. The second kappa shape index (κ2) is 12.2. The summed E-state index contributed by atoms with van der Waals surface area (Å²) in [5.74, 6) is -53.1. The number of carbonyl (C=O) groups excluding carboxylic acids is 1. The number of nitrogens with zero attached hydrogens (tertiary/aromatic N) is 2. The summed E-state index contributed by atoms with van der Waals surface area (Å²) < 4.78 is 254. The predicted molar refractivity (Wildman–Crippen MR) is 112 cm³/mol. The van der Waals surface area contributed by atoms with E-state index in [4.69, 9.17) is 0 Å². The van der Waals surface area contributed by atoms with Crippen molar-refractivity contribution in [1.82, 2.24) is 9.62 Å². The van der Waals surface area contributed by atoms with Crippen LogP contribution in [0.1, 0.15) is 26.2 Å². The van der Waals surface area contributed by atoms with Gasteiger partial charge in [0.1, 0.15) is 0 Å². The Morgan fingerprint density at radius 1 is 0.651 bits per heavy atom. The molecule has 0 saturated heterocycles. The zero-order valence-corrected chi connectivity index (χ0v) is 23.0. The highest BCUT2D eigenvalue weighted by Crippen LogP contribution is 2.64. The highest BCUT2D eigenvalue weighted by Gasteiger charge is 2.96. The van der Waals surface area contributed by atoms with E-state index in [1.807, 2.05) is 0 Å². The smallest absolute Gasteiger partial charge is 0.314 e. The van der Waals surface area contributed by atoms with Crippen molar-refractivity contribution in [2.75, 3.05) is 40.9 Å². The van der Waals surface area contributed by atoms with Gasteiger partial charge in [-0.2, -0.15) is 78.9 Å². The SMILES string of the molecule is CCCCN(CCC(=O)NC[N+](C)(C)C)S(=O)(=O)C(F)(F)C(F)(F)C(F)(F)C(F)(F)C(F)(F)C(F)(F)C(F)(F)C(F)(F)F. The van der Waals surface area contributed by atoms with Crippen LogP contribution in [0.2, 0.25) is 0 Å². The van der Waals surface area contributed by atoms with Crippen LogP contribution >= 0.6 is 0 Å². The average Bonchev–Trinajstić information content (AvgIpc) is 2.80. The molecule has 0 aliphatic rings. The summed E-state index contributed by atoms with van der Waals surface area (Å²) in [4.78, 5) is 11.9. The number of unbranched alkanes of at least 4 members (excludes halogenated alkanes) is 1. The zero-order valence-electron chi connectivity index (χ0n) is 22.2. The molecule has 0 spiro atoms. The van der Waals surface area contributed by atoms with E-state index in [9.17, 15) is 87.8 Å². The first-order valence-corrected chi connectivity index (χ1v) is 12.8. The summed E-state index contributed by atoms with van der Waals surface area (Å²) in [6, 6.07) is 0. The second-order valence-electron chi connectivity index (χ2n) is 10.0. The van der Waals surface area contributed by atoms with Crippen LogP contribution in [-0.2, 0) is 14.8 Å². The molecule has 0 aliphatic heterocycles. The predicted octanol–water partition coefficient (Wildman–Crippen LogP) is 5.56. The third kappa shape index (κ3) is 7.03. The monoisotopic (exact) mass is 698 g/mol. The van der Waals surface area contributed by atoms with Gasteiger partial charge in [-0.3, -0.25) is 4.79 Å². The van der Waals surface area contributed by atoms with Crippen LogP contribution in [0.3, 0.4) is 0 Å². The number of quaternary nitrogens is 1. The Morgan fingerprint density at radius 3 is 1.37 bits per heavy atom. The molecule has 6 nitrogen and oxygen atoms in total. The Balaban J connectivity index is 6.82. The van der Waals surface area contributed by atoms with Gasteiger partial charge in [0.25, 0.3) is 10.0 Å². The minimum atomic E-state index is -8.90. The number of nitrogens with one attached hydrogen (secondary N) is 1. The summed E-state index contributed by atoms with van der Waals surface area (Å²) >= 11 is 0. The number of halogens is 17. The van der Waals surface area contributed by atoms with Crippen molar-refractivity contribution in [2.24, 2.45) is 0 Å². The molecule has 0 aromatic heterocycles. The molecule has 0 bridgehead atoms. The van der Waals surface area contributed by atoms with Gasteiger partial charge >= 0.3 is 47.0 Å². The van der Waals surface area contributed by atoms with Gasteiger partial charge in [-0.05, 0) is 6.42 Å². The number of hydrogen-bond acceptors (Lipinski definition) is 3. The molecule has 43 heavy (non-hydrogen) atoms. The van der Waals surface area contributed by atoms with Gasteiger partial charge < -0.3 is 9.80 Å². The lowest BCUT2D eigenvalue weighted by atomic mass is 9.91. The normalized spacial score (nSPS) is 15.7. The molecule has 0 unspecified atom stereocenters.